The molecule has 2 bridgehead atoms. The molecule has 128 valence electrons. The first kappa shape index (κ1) is 15.7. The van der Waals surface area contributed by atoms with Crippen LogP contribution < -0.4 is 5.73 Å². The van der Waals surface area contributed by atoms with Gasteiger partial charge in [0, 0.05) is 37.3 Å². The third-order valence-electron chi connectivity index (χ3n) is 5.16. The maximum Gasteiger partial charge on any atom is 0.262 e. The number of nitrogens with zero attached hydrogens (tertiary/aromatic N) is 3. The summed E-state index contributed by atoms with van der Waals surface area (Å²) in [4.78, 5) is 4.01. The van der Waals surface area contributed by atoms with Crippen LogP contribution in [0.1, 0.15) is 24.3 Å². The molecule has 24 heavy (non-hydrogen) atoms. The van der Waals surface area contributed by atoms with E-state index in [1.165, 1.54) is 29.0 Å². The minimum absolute atomic E-state index is 0.0499. The summed E-state index contributed by atoms with van der Waals surface area (Å²) >= 11 is 0. The van der Waals surface area contributed by atoms with E-state index in [9.17, 15) is 12.8 Å². The van der Waals surface area contributed by atoms with Crippen molar-refractivity contribution in [1.82, 2.24) is 13.9 Å². The molecule has 1 aromatic heterocycles. The maximum atomic E-state index is 13.2. The molecule has 2 aliphatic heterocycles. The van der Waals surface area contributed by atoms with Crippen LogP contribution in [-0.4, -0.2) is 40.4 Å². The summed E-state index contributed by atoms with van der Waals surface area (Å²) in [5, 5.41) is 0.0499. The van der Waals surface area contributed by atoms with Crippen LogP contribution in [0, 0.1) is 5.82 Å². The van der Waals surface area contributed by atoms with Crippen LogP contribution in [0.15, 0.2) is 41.8 Å². The van der Waals surface area contributed by atoms with Gasteiger partial charge < -0.3 is 10.3 Å². The number of sulfonamides is 1. The van der Waals surface area contributed by atoms with Crippen molar-refractivity contribution in [2.24, 2.45) is 12.8 Å². The first-order valence-corrected chi connectivity index (χ1v) is 9.36. The van der Waals surface area contributed by atoms with Gasteiger partial charge in [-0.1, -0.05) is 12.1 Å². The smallest absolute Gasteiger partial charge is 0.262 e. The Morgan fingerprint density at radius 3 is 2.50 bits per heavy atom. The number of aromatic nitrogens is 2. The van der Waals surface area contributed by atoms with Crippen molar-refractivity contribution in [2.75, 3.05) is 0 Å². The van der Waals surface area contributed by atoms with Crippen molar-refractivity contribution in [3.05, 3.63) is 48.2 Å². The van der Waals surface area contributed by atoms with Crippen LogP contribution in [0.3, 0.4) is 0 Å². The van der Waals surface area contributed by atoms with Gasteiger partial charge in [0.15, 0.2) is 5.03 Å². The molecule has 0 saturated carbocycles. The molecule has 2 aliphatic rings. The lowest BCUT2D eigenvalue weighted by Crippen LogP contribution is -2.41. The van der Waals surface area contributed by atoms with Gasteiger partial charge >= 0.3 is 0 Å². The highest BCUT2D eigenvalue weighted by molar-refractivity contribution is 7.89. The highest BCUT2D eigenvalue weighted by Crippen LogP contribution is 2.48. The first-order valence-electron chi connectivity index (χ1n) is 7.92. The molecule has 2 N–H and O–H groups in total. The van der Waals surface area contributed by atoms with Crippen LogP contribution in [0.2, 0.25) is 0 Å². The highest BCUT2D eigenvalue weighted by Gasteiger charge is 2.57. The quantitative estimate of drug-likeness (QED) is 0.902. The summed E-state index contributed by atoms with van der Waals surface area (Å²) in [6, 6.07) is 5.45. The average Bonchev–Trinajstić information content (AvgIpc) is 3.22. The molecule has 3 heterocycles. The Hall–Kier alpha value is -1.77. The Morgan fingerprint density at radius 1 is 1.21 bits per heavy atom. The van der Waals surface area contributed by atoms with Gasteiger partial charge in [-0.25, -0.2) is 17.8 Å². The molecule has 4 rings (SSSR count). The molecule has 4 atom stereocenters. The number of hydrogen-bond donors (Lipinski definition) is 1. The molecule has 2 aromatic rings. The van der Waals surface area contributed by atoms with Gasteiger partial charge in [-0.05, 0) is 30.5 Å². The second-order valence-electron chi connectivity index (χ2n) is 6.58. The zero-order valence-electron chi connectivity index (χ0n) is 13.2. The number of halogens is 1. The lowest BCUT2D eigenvalue weighted by Gasteiger charge is -2.26. The fourth-order valence-electron chi connectivity index (χ4n) is 4.15. The van der Waals surface area contributed by atoms with Gasteiger partial charge in [0.1, 0.15) is 5.82 Å². The van der Waals surface area contributed by atoms with Crippen molar-refractivity contribution in [1.29, 1.82) is 0 Å². The Labute approximate surface area is 140 Å². The molecule has 4 unspecified atom stereocenters. The van der Waals surface area contributed by atoms with Crippen molar-refractivity contribution in [2.45, 2.75) is 41.9 Å². The van der Waals surface area contributed by atoms with Crippen LogP contribution in [-0.2, 0) is 17.1 Å². The summed E-state index contributed by atoms with van der Waals surface area (Å²) in [5.74, 6) is -0.434. The second kappa shape index (κ2) is 5.37. The SMILES string of the molecule is Cn1cnc(S(=O)(=O)N2C3CCC2C(c2ccc(F)cc2)C3N)c1. The van der Waals surface area contributed by atoms with E-state index in [0.717, 1.165) is 18.4 Å². The number of benzene rings is 1. The normalized spacial score (nSPS) is 30.1. The molecular formula is C16H19FN4O2S. The summed E-state index contributed by atoms with van der Waals surface area (Å²) in [6.07, 6.45) is 4.48. The number of hydrogen-bond acceptors (Lipinski definition) is 4. The van der Waals surface area contributed by atoms with E-state index in [-0.39, 0.29) is 34.9 Å². The Bertz CT molecular complexity index is 864. The van der Waals surface area contributed by atoms with Gasteiger partial charge in [-0.15, -0.1) is 0 Å². The fourth-order valence-corrected chi connectivity index (χ4v) is 6.04. The van der Waals surface area contributed by atoms with E-state index in [1.807, 2.05) is 0 Å². The molecular weight excluding hydrogens is 331 g/mol. The van der Waals surface area contributed by atoms with Gasteiger partial charge in [0.2, 0.25) is 0 Å². The van der Waals surface area contributed by atoms with Crippen molar-refractivity contribution in [3.8, 4) is 0 Å². The Balaban J connectivity index is 1.73. The number of nitrogens with two attached hydrogens (primary N) is 1. The first-order chi connectivity index (χ1) is 11.4. The molecule has 6 nitrogen and oxygen atoms in total. The number of fused-ring (bicyclic) bond motifs is 2. The van der Waals surface area contributed by atoms with E-state index in [0.29, 0.717) is 0 Å². The molecule has 0 spiro atoms. The molecule has 0 amide bonds. The van der Waals surface area contributed by atoms with Gasteiger partial charge in [-0.2, -0.15) is 4.31 Å². The van der Waals surface area contributed by atoms with E-state index in [1.54, 1.807) is 23.7 Å². The summed E-state index contributed by atoms with van der Waals surface area (Å²) in [7, 11) is -1.95. The van der Waals surface area contributed by atoms with Crippen molar-refractivity contribution < 1.29 is 12.8 Å². The largest absolute Gasteiger partial charge is 0.339 e. The summed E-state index contributed by atoms with van der Waals surface area (Å²) in [5.41, 5.74) is 7.27. The van der Waals surface area contributed by atoms with Crippen LogP contribution in [0.5, 0.6) is 0 Å². The molecule has 1 aromatic carbocycles. The molecule has 0 aliphatic carbocycles. The van der Waals surface area contributed by atoms with Gasteiger partial charge in [0.25, 0.3) is 10.0 Å². The minimum Gasteiger partial charge on any atom is -0.339 e. The standard InChI is InChI=1S/C16H19FN4O2S/c1-20-8-14(19-9-20)24(22,23)21-12-6-7-13(21)16(18)15(12)10-2-4-11(17)5-3-10/h2-5,8-9,12-13,15-16H,6-7,18H2,1H3. The van der Waals surface area contributed by atoms with Gasteiger partial charge in [0.05, 0.1) is 6.33 Å². The molecule has 0 radical (unpaired) electrons. The van der Waals surface area contributed by atoms with E-state index < -0.39 is 10.0 Å². The molecule has 2 saturated heterocycles. The number of aryl methyl sites for hydroxylation is 1. The average molecular weight is 350 g/mol. The monoisotopic (exact) mass is 350 g/mol. The molecule has 8 heteroatoms. The maximum absolute atomic E-state index is 13.2. The predicted octanol–water partition coefficient (Wildman–Crippen LogP) is 1.21. The topological polar surface area (TPSA) is 81.2 Å². The molecule has 2 fully saturated rings. The third-order valence-corrected chi connectivity index (χ3v) is 7.00. The minimum atomic E-state index is -3.69. The van der Waals surface area contributed by atoms with Crippen LogP contribution in [0.4, 0.5) is 4.39 Å². The Kier molecular flexibility index (Phi) is 3.52. The summed E-state index contributed by atoms with van der Waals surface area (Å²) < 4.78 is 42.4. The van der Waals surface area contributed by atoms with E-state index in [2.05, 4.69) is 4.98 Å². The summed E-state index contributed by atoms with van der Waals surface area (Å²) in [6.45, 7) is 0. The second-order valence-corrected chi connectivity index (χ2v) is 8.37. The number of rotatable bonds is 3. The van der Waals surface area contributed by atoms with Crippen molar-refractivity contribution in [3.63, 3.8) is 0 Å². The van der Waals surface area contributed by atoms with Crippen LogP contribution >= 0.6 is 0 Å². The van der Waals surface area contributed by atoms with Crippen LogP contribution in [0.25, 0.3) is 0 Å². The lowest BCUT2D eigenvalue weighted by atomic mass is 9.80. The zero-order valence-corrected chi connectivity index (χ0v) is 14.0. The fraction of sp³-hybridized carbons (Fsp3) is 0.438. The highest BCUT2D eigenvalue weighted by atomic mass is 32.2. The number of imidazole rings is 1. The Morgan fingerprint density at radius 2 is 1.88 bits per heavy atom. The zero-order chi connectivity index (χ0) is 17.1. The van der Waals surface area contributed by atoms with Gasteiger partial charge in [-0.3, -0.25) is 0 Å². The van der Waals surface area contributed by atoms with E-state index in [4.69, 9.17) is 5.73 Å². The third kappa shape index (κ3) is 2.21. The lowest BCUT2D eigenvalue weighted by molar-refractivity contribution is 0.384. The van der Waals surface area contributed by atoms with E-state index >= 15 is 0 Å². The predicted molar refractivity (Wildman–Crippen MR) is 86.2 cm³/mol. The van der Waals surface area contributed by atoms with Crippen molar-refractivity contribution >= 4 is 10.0 Å².